The Hall–Kier alpha value is -0.160. The highest BCUT2D eigenvalue weighted by atomic mass is 79.9. The van der Waals surface area contributed by atoms with Crippen LogP contribution >= 0.6 is 27.5 Å². The Balaban J connectivity index is 2.90. The molecule has 0 N–H and O–H groups in total. The number of imidazole rings is 1. The maximum atomic E-state index is 12.9. The van der Waals surface area contributed by atoms with Crippen LogP contribution in [0.15, 0.2) is 18.7 Å². The molecule has 0 aromatic carbocycles. The summed E-state index contributed by atoms with van der Waals surface area (Å²) in [4.78, 5) is 3.47. The highest BCUT2D eigenvalue weighted by Gasteiger charge is 2.38. The normalized spacial score (nSPS) is 14.9. The van der Waals surface area contributed by atoms with E-state index in [0.717, 1.165) is 12.5 Å². The Bertz CT molecular complexity index is 224. The monoisotopic (exact) mass is 244 g/mol. The number of halogens is 4. The van der Waals surface area contributed by atoms with E-state index in [-0.39, 0.29) is 0 Å². The lowest BCUT2D eigenvalue weighted by molar-refractivity contribution is -0.0638. The van der Waals surface area contributed by atoms with Crippen LogP contribution in [0.3, 0.4) is 0 Å². The first-order valence-corrected chi connectivity index (χ1v) is 4.04. The Morgan fingerprint density at radius 2 is 2.27 bits per heavy atom. The van der Waals surface area contributed by atoms with Gasteiger partial charge in [-0.05, 0) is 0 Å². The molecular formula is C5H4BrClF2N2. The lowest BCUT2D eigenvalue weighted by Gasteiger charge is -2.17. The topological polar surface area (TPSA) is 17.8 Å². The van der Waals surface area contributed by atoms with E-state index < -0.39 is 10.3 Å². The van der Waals surface area contributed by atoms with Crippen LogP contribution < -0.4 is 0 Å². The zero-order valence-corrected chi connectivity index (χ0v) is 7.56. The van der Waals surface area contributed by atoms with E-state index in [2.05, 4.69) is 20.9 Å². The number of alkyl halides is 4. The minimum Gasteiger partial charge on any atom is -0.276 e. The molecule has 0 aliphatic rings. The Labute approximate surface area is 75.3 Å². The van der Waals surface area contributed by atoms with Gasteiger partial charge in [-0.1, -0.05) is 15.9 Å². The molecule has 11 heavy (non-hydrogen) atoms. The van der Waals surface area contributed by atoms with Gasteiger partial charge < -0.3 is 0 Å². The van der Waals surface area contributed by atoms with Crippen LogP contribution in [0, 0.1) is 0 Å². The SMILES string of the molecule is FC(F)(C(Cl)Br)n1ccnc1. The first kappa shape index (κ1) is 8.93. The summed E-state index contributed by atoms with van der Waals surface area (Å²) in [5.74, 6) is 0. The van der Waals surface area contributed by atoms with Crippen molar-refractivity contribution in [2.24, 2.45) is 0 Å². The van der Waals surface area contributed by atoms with Gasteiger partial charge in [0.1, 0.15) is 0 Å². The number of rotatable bonds is 2. The van der Waals surface area contributed by atoms with Crippen LogP contribution in [0.4, 0.5) is 8.78 Å². The van der Waals surface area contributed by atoms with Gasteiger partial charge in [0, 0.05) is 12.4 Å². The minimum absolute atomic E-state index is 0.638. The van der Waals surface area contributed by atoms with Gasteiger partial charge in [0.2, 0.25) is 0 Å². The third-order valence-corrected chi connectivity index (χ3v) is 1.92. The lowest BCUT2D eigenvalue weighted by atomic mass is 10.6. The van der Waals surface area contributed by atoms with Crippen LogP contribution in [0.1, 0.15) is 0 Å². The molecule has 0 bridgehead atoms. The van der Waals surface area contributed by atoms with Crippen LogP contribution in [-0.4, -0.2) is 13.8 Å². The molecule has 0 spiro atoms. The standard InChI is InChI=1S/C5H4BrClF2N2/c6-4(7)5(8,9)11-2-1-10-3-11/h1-4H. The van der Waals surface area contributed by atoms with E-state index >= 15 is 0 Å². The summed E-state index contributed by atoms with van der Waals surface area (Å²) in [6, 6.07) is -3.14. The van der Waals surface area contributed by atoms with Crippen molar-refractivity contribution in [3.63, 3.8) is 0 Å². The van der Waals surface area contributed by atoms with Gasteiger partial charge in [-0.3, -0.25) is 4.57 Å². The summed E-state index contributed by atoms with van der Waals surface area (Å²) >= 11 is 7.76. The zero-order chi connectivity index (χ0) is 8.48. The number of nitrogens with zero attached hydrogens (tertiary/aromatic N) is 2. The third-order valence-electron chi connectivity index (χ3n) is 1.11. The molecule has 1 unspecified atom stereocenters. The molecule has 62 valence electrons. The second kappa shape index (κ2) is 3.06. The van der Waals surface area contributed by atoms with E-state index in [1.807, 2.05) is 0 Å². The van der Waals surface area contributed by atoms with Crippen LogP contribution in [0.25, 0.3) is 0 Å². The Morgan fingerprint density at radius 1 is 1.64 bits per heavy atom. The van der Waals surface area contributed by atoms with Crippen LogP contribution in [-0.2, 0) is 6.05 Å². The van der Waals surface area contributed by atoms with Crippen molar-refractivity contribution >= 4 is 27.5 Å². The first-order valence-electron chi connectivity index (χ1n) is 2.69. The number of hydrogen-bond acceptors (Lipinski definition) is 1. The van der Waals surface area contributed by atoms with E-state index in [1.165, 1.54) is 6.20 Å². The molecule has 0 radical (unpaired) electrons. The number of aromatic nitrogens is 2. The fraction of sp³-hybridized carbons (Fsp3) is 0.400. The molecule has 0 aliphatic carbocycles. The molecule has 1 heterocycles. The van der Waals surface area contributed by atoms with Crippen molar-refractivity contribution in [3.8, 4) is 0 Å². The summed E-state index contributed by atoms with van der Waals surface area (Å²) in [5, 5.41) is 0. The fourth-order valence-corrected chi connectivity index (χ4v) is 0.897. The van der Waals surface area contributed by atoms with Gasteiger partial charge in [0.15, 0.2) is 4.29 Å². The molecule has 0 fully saturated rings. The predicted octanol–water partition coefficient (Wildman–Crippen LogP) is 2.39. The summed E-state index contributed by atoms with van der Waals surface area (Å²) in [6.07, 6.45) is 3.42. The zero-order valence-electron chi connectivity index (χ0n) is 5.22. The summed E-state index contributed by atoms with van der Waals surface area (Å²) < 4.78 is 24.9. The van der Waals surface area contributed by atoms with Crippen molar-refractivity contribution in [2.45, 2.75) is 10.3 Å². The third kappa shape index (κ3) is 1.70. The van der Waals surface area contributed by atoms with Crippen molar-refractivity contribution in [3.05, 3.63) is 18.7 Å². The predicted molar refractivity (Wildman–Crippen MR) is 41.0 cm³/mol. The van der Waals surface area contributed by atoms with Gasteiger partial charge in [-0.2, -0.15) is 8.78 Å². The van der Waals surface area contributed by atoms with Gasteiger partial charge in [-0.15, -0.1) is 11.6 Å². The molecule has 0 saturated heterocycles. The average molecular weight is 245 g/mol. The fourth-order valence-electron chi connectivity index (χ4n) is 0.548. The van der Waals surface area contributed by atoms with E-state index in [9.17, 15) is 8.78 Å². The molecular weight excluding hydrogens is 241 g/mol. The van der Waals surface area contributed by atoms with Crippen molar-refractivity contribution in [1.82, 2.24) is 9.55 Å². The van der Waals surface area contributed by atoms with Crippen LogP contribution in [0.5, 0.6) is 0 Å². The van der Waals surface area contributed by atoms with Crippen molar-refractivity contribution in [2.75, 3.05) is 0 Å². The average Bonchev–Trinajstić information content (AvgIpc) is 2.37. The van der Waals surface area contributed by atoms with Gasteiger partial charge >= 0.3 is 6.05 Å². The van der Waals surface area contributed by atoms with E-state index in [1.54, 1.807) is 0 Å². The molecule has 0 amide bonds. The lowest BCUT2D eigenvalue weighted by Crippen LogP contribution is -2.28. The van der Waals surface area contributed by atoms with Crippen molar-refractivity contribution < 1.29 is 8.78 Å². The molecule has 1 atom stereocenters. The summed E-state index contributed by atoms with van der Waals surface area (Å²) in [7, 11) is 0. The Kier molecular flexibility index (Phi) is 2.49. The first-order chi connectivity index (χ1) is 5.05. The maximum absolute atomic E-state index is 12.9. The molecule has 0 aliphatic heterocycles. The van der Waals surface area contributed by atoms with Crippen LogP contribution in [0.2, 0.25) is 0 Å². The number of hydrogen-bond donors (Lipinski definition) is 0. The van der Waals surface area contributed by atoms with Gasteiger partial charge in [-0.25, -0.2) is 4.98 Å². The summed E-state index contributed by atoms with van der Waals surface area (Å²) in [5.41, 5.74) is 0. The largest absolute Gasteiger partial charge is 0.356 e. The second-order valence-electron chi connectivity index (χ2n) is 1.86. The Morgan fingerprint density at radius 3 is 2.64 bits per heavy atom. The molecule has 1 aromatic heterocycles. The highest BCUT2D eigenvalue weighted by molar-refractivity contribution is 9.10. The maximum Gasteiger partial charge on any atom is 0.356 e. The molecule has 1 aromatic rings. The van der Waals surface area contributed by atoms with E-state index in [4.69, 9.17) is 11.6 Å². The van der Waals surface area contributed by atoms with Crippen molar-refractivity contribution in [1.29, 1.82) is 0 Å². The molecule has 1 rings (SSSR count). The summed E-state index contributed by atoms with van der Waals surface area (Å²) in [6.45, 7) is 0. The van der Waals surface area contributed by atoms with Gasteiger partial charge in [0.05, 0.1) is 6.33 Å². The second-order valence-corrected chi connectivity index (χ2v) is 3.74. The smallest absolute Gasteiger partial charge is 0.276 e. The molecule has 2 nitrogen and oxygen atoms in total. The quantitative estimate of drug-likeness (QED) is 0.732. The van der Waals surface area contributed by atoms with E-state index in [0.29, 0.717) is 4.57 Å². The minimum atomic E-state index is -3.14. The highest BCUT2D eigenvalue weighted by Crippen LogP contribution is 2.32. The molecule has 6 heteroatoms. The molecule has 0 saturated carbocycles. The van der Waals surface area contributed by atoms with Gasteiger partial charge in [0.25, 0.3) is 0 Å².